The van der Waals surface area contributed by atoms with Crippen molar-refractivity contribution in [1.29, 1.82) is 0 Å². The molecule has 5 nitrogen and oxygen atoms in total. The van der Waals surface area contributed by atoms with Gasteiger partial charge in [-0.05, 0) is 38.5 Å². The molecule has 0 saturated carbocycles. The maximum atomic E-state index is 12.1. The number of ether oxygens (including phenoxy) is 1. The quantitative estimate of drug-likeness (QED) is 0.757. The number of hydrogen-bond acceptors (Lipinski definition) is 3. The second-order valence-electron chi connectivity index (χ2n) is 6.29. The number of aliphatic hydroxyl groups is 1. The molecule has 0 aromatic heterocycles. The zero-order chi connectivity index (χ0) is 17.6. The molecular formula is C19H24N2O3. The third kappa shape index (κ3) is 4.99. The van der Waals surface area contributed by atoms with Gasteiger partial charge in [0.25, 0.3) is 0 Å². The highest BCUT2D eigenvalue weighted by molar-refractivity contribution is 5.91. The van der Waals surface area contributed by atoms with Gasteiger partial charge in [-0.2, -0.15) is 0 Å². The van der Waals surface area contributed by atoms with Crippen LogP contribution in [0.1, 0.15) is 32.4 Å². The van der Waals surface area contributed by atoms with Crippen LogP contribution in [0.3, 0.4) is 0 Å². The monoisotopic (exact) mass is 328 g/mol. The number of carbonyl (C=O) groups excluding carboxylic acids is 1. The van der Waals surface area contributed by atoms with Gasteiger partial charge in [0, 0.05) is 0 Å². The van der Waals surface area contributed by atoms with Crippen molar-refractivity contribution in [1.82, 2.24) is 5.32 Å². The Morgan fingerprint density at radius 1 is 1.12 bits per heavy atom. The molecule has 0 aliphatic rings. The van der Waals surface area contributed by atoms with Gasteiger partial charge in [0.2, 0.25) is 0 Å². The highest BCUT2D eigenvalue weighted by atomic mass is 16.5. The molecule has 0 heterocycles. The highest BCUT2D eigenvalue weighted by Crippen LogP contribution is 2.29. The third-order valence-electron chi connectivity index (χ3n) is 3.56. The van der Waals surface area contributed by atoms with Crippen LogP contribution >= 0.6 is 0 Å². The van der Waals surface area contributed by atoms with Gasteiger partial charge >= 0.3 is 6.03 Å². The predicted octanol–water partition coefficient (Wildman–Crippen LogP) is 3.72. The zero-order valence-corrected chi connectivity index (χ0v) is 14.2. The molecule has 0 saturated heterocycles. The molecule has 0 bridgehead atoms. The van der Waals surface area contributed by atoms with Crippen LogP contribution in [-0.4, -0.2) is 23.3 Å². The molecule has 2 rings (SSSR count). The molecular weight excluding hydrogens is 304 g/mol. The lowest BCUT2D eigenvalue weighted by molar-refractivity contribution is 0.187. The number of para-hydroxylation sites is 2. The van der Waals surface area contributed by atoms with Gasteiger partial charge in [0.1, 0.15) is 11.9 Å². The maximum absolute atomic E-state index is 12.1. The predicted molar refractivity (Wildman–Crippen MR) is 95.2 cm³/mol. The number of urea groups is 1. The molecule has 0 spiro atoms. The number of nitrogens with one attached hydrogen (secondary N) is 2. The molecule has 2 aromatic rings. The molecule has 2 amide bonds. The van der Waals surface area contributed by atoms with Gasteiger partial charge in [0.05, 0.1) is 17.8 Å². The van der Waals surface area contributed by atoms with Crippen molar-refractivity contribution in [3.05, 3.63) is 60.2 Å². The van der Waals surface area contributed by atoms with E-state index in [-0.39, 0.29) is 12.7 Å². The van der Waals surface area contributed by atoms with E-state index in [1.807, 2.05) is 55.5 Å². The molecule has 0 fully saturated rings. The first-order valence-corrected chi connectivity index (χ1v) is 7.92. The van der Waals surface area contributed by atoms with Crippen LogP contribution < -0.4 is 15.4 Å². The van der Waals surface area contributed by atoms with Crippen molar-refractivity contribution in [3.8, 4) is 5.75 Å². The normalized spacial score (nSPS) is 12.3. The van der Waals surface area contributed by atoms with Crippen molar-refractivity contribution in [2.75, 3.05) is 11.9 Å². The van der Waals surface area contributed by atoms with Crippen molar-refractivity contribution < 1.29 is 14.6 Å². The Balaban J connectivity index is 2.09. The lowest BCUT2D eigenvalue weighted by atomic mass is 10.1. The molecule has 0 radical (unpaired) electrons. The van der Waals surface area contributed by atoms with Crippen LogP contribution in [0.2, 0.25) is 0 Å². The number of benzene rings is 2. The molecule has 1 atom stereocenters. The second kappa shape index (κ2) is 7.84. The maximum Gasteiger partial charge on any atom is 0.319 e. The summed E-state index contributed by atoms with van der Waals surface area (Å²) in [5.41, 5.74) is 0.932. The second-order valence-corrected chi connectivity index (χ2v) is 6.29. The van der Waals surface area contributed by atoms with E-state index in [1.54, 1.807) is 19.9 Å². The van der Waals surface area contributed by atoms with Crippen molar-refractivity contribution in [2.24, 2.45) is 0 Å². The van der Waals surface area contributed by atoms with Gasteiger partial charge in [-0.3, -0.25) is 0 Å². The SMILES string of the molecule is CC(Oc1ccccc1NC(=O)NC(C)(C)CO)c1ccccc1. The number of aliphatic hydroxyl groups excluding tert-OH is 1. The average molecular weight is 328 g/mol. The molecule has 128 valence electrons. The summed E-state index contributed by atoms with van der Waals surface area (Å²) in [6.45, 7) is 5.30. The fraction of sp³-hybridized carbons (Fsp3) is 0.316. The fourth-order valence-corrected chi connectivity index (χ4v) is 2.16. The largest absolute Gasteiger partial charge is 0.484 e. The van der Waals surface area contributed by atoms with E-state index in [9.17, 15) is 9.90 Å². The summed E-state index contributed by atoms with van der Waals surface area (Å²) in [4.78, 5) is 12.1. The van der Waals surface area contributed by atoms with Crippen LogP contribution in [0.25, 0.3) is 0 Å². The van der Waals surface area contributed by atoms with Crippen molar-refractivity contribution >= 4 is 11.7 Å². The first-order chi connectivity index (χ1) is 11.4. The number of carbonyl (C=O) groups is 1. The molecule has 1 unspecified atom stereocenters. The Kier molecular flexibility index (Phi) is 5.82. The highest BCUT2D eigenvalue weighted by Gasteiger charge is 2.20. The van der Waals surface area contributed by atoms with Crippen LogP contribution in [0.15, 0.2) is 54.6 Å². The smallest absolute Gasteiger partial charge is 0.319 e. The summed E-state index contributed by atoms with van der Waals surface area (Å²) >= 11 is 0. The Hall–Kier alpha value is -2.53. The molecule has 5 heteroatoms. The average Bonchev–Trinajstić information content (AvgIpc) is 2.57. The molecule has 0 aliphatic carbocycles. The Morgan fingerprint density at radius 2 is 1.75 bits per heavy atom. The number of amides is 2. The summed E-state index contributed by atoms with van der Waals surface area (Å²) in [5, 5.41) is 14.7. The summed E-state index contributed by atoms with van der Waals surface area (Å²) in [6, 6.07) is 16.8. The van der Waals surface area contributed by atoms with Gasteiger partial charge in [-0.25, -0.2) is 4.79 Å². The lowest BCUT2D eigenvalue weighted by Gasteiger charge is -2.24. The fourth-order valence-electron chi connectivity index (χ4n) is 2.16. The molecule has 24 heavy (non-hydrogen) atoms. The van der Waals surface area contributed by atoms with E-state index in [1.165, 1.54) is 0 Å². The van der Waals surface area contributed by atoms with Crippen molar-refractivity contribution in [3.63, 3.8) is 0 Å². The third-order valence-corrected chi connectivity index (χ3v) is 3.56. The Bertz CT molecular complexity index is 671. The van der Waals surface area contributed by atoms with Crippen LogP contribution in [0.4, 0.5) is 10.5 Å². The molecule has 0 aliphatic heterocycles. The van der Waals surface area contributed by atoms with Crippen molar-refractivity contribution in [2.45, 2.75) is 32.4 Å². The zero-order valence-electron chi connectivity index (χ0n) is 14.2. The van der Waals surface area contributed by atoms with Gasteiger partial charge < -0.3 is 20.5 Å². The first kappa shape index (κ1) is 17.8. The lowest BCUT2D eigenvalue weighted by Crippen LogP contribution is -2.48. The van der Waals surface area contributed by atoms with E-state index in [0.29, 0.717) is 11.4 Å². The van der Waals surface area contributed by atoms with E-state index in [0.717, 1.165) is 5.56 Å². The standard InChI is InChI=1S/C19H24N2O3/c1-14(15-9-5-4-6-10-15)24-17-12-8-7-11-16(17)20-18(23)21-19(2,3)13-22/h4-12,14,22H,13H2,1-3H3,(H2,20,21,23). The Morgan fingerprint density at radius 3 is 2.42 bits per heavy atom. The summed E-state index contributed by atoms with van der Waals surface area (Å²) < 4.78 is 6.00. The van der Waals surface area contributed by atoms with Gasteiger partial charge in [0.15, 0.2) is 0 Å². The summed E-state index contributed by atoms with van der Waals surface area (Å²) in [6.07, 6.45) is -0.147. The van der Waals surface area contributed by atoms with E-state index in [2.05, 4.69) is 10.6 Å². The van der Waals surface area contributed by atoms with Crippen LogP contribution in [-0.2, 0) is 0 Å². The van der Waals surface area contributed by atoms with Gasteiger partial charge in [-0.1, -0.05) is 42.5 Å². The molecule has 3 N–H and O–H groups in total. The van der Waals surface area contributed by atoms with Gasteiger partial charge in [-0.15, -0.1) is 0 Å². The number of rotatable bonds is 6. The number of hydrogen-bond donors (Lipinski definition) is 3. The van der Waals surface area contributed by atoms with Crippen LogP contribution in [0, 0.1) is 0 Å². The molecule has 2 aromatic carbocycles. The minimum atomic E-state index is -0.697. The van der Waals surface area contributed by atoms with E-state index in [4.69, 9.17) is 4.74 Å². The minimum absolute atomic E-state index is 0.147. The topological polar surface area (TPSA) is 70.6 Å². The summed E-state index contributed by atoms with van der Waals surface area (Å²) in [5.74, 6) is 0.589. The summed E-state index contributed by atoms with van der Waals surface area (Å²) in [7, 11) is 0. The van der Waals surface area contributed by atoms with E-state index >= 15 is 0 Å². The minimum Gasteiger partial charge on any atom is -0.484 e. The first-order valence-electron chi connectivity index (χ1n) is 7.92. The Labute approximate surface area is 142 Å². The number of anilines is 1. The van der Waals surface area contributed by atoms with Crippen LogP contribution in [0.5, 0.6) is 5.75 Å². The van der Waals surface area contributed by atoms with E-state index < -0.39 is 11.6 Å².